The summed E-state index contributed by atoms with van der Waals surface area (Å²) in [6, 6.07) is 10.3. The van der Waals surface area contributed by atoms with Crippen molar-refractivity contribution in [3.05, 3.63) is 47.8 Å². The Bertz CT molecular complexity index is 853. The van der Waals surface area contributed by atoms with Gasteiger partial charge in [-0.3, -0.25) is 0 Å². The number of hydrogen-bond acceptors (Lipinski definition) is 5. The van der Waals surface area contributed by atoms with E-state index >= 15 is 0 Å². The van der Waals surface area contributed by atoms with Crippen LogP contribution >= 0.6 is 12.4 Å². The molecule has 0 aliphatic heterocycles. The van der Waals surface area contributed by atoms with Crippen molar-refractivity contribution in [2.75, 3.05) is 12.4 Å². The van der Waals surface area contributed by atoms with Crippen LogP contribution in [0.3, 0.4) is 0 Å². The van der Waals surface area contributed by atoms with Crippen LogP contribution in [-0.2, 0) is 12.8 Å². The minimum Gasteiger partial charge on any atom is -0.481 e. The number of ether oxygens (including phenoxy) is 1. The maximum absolute atomic E-state index is 5.14. The van der Waals surface area contributed by atoms with Crippen LogP contribution in [0.5, 0.6) is 5.88 Å². The summed E-state index contributed by atoms with van der Waals surface area (Å²) in [5.41, 5.74) is 4.57. The van der Waals surface area contributed by atoms with E-state index in [1.54, 1.807) is 7.11 Å². The number of anilines is 2. The van der Waals surface area contributed by atoms with Crippen molar-refractivity contribution < 1.29 is 4.74 Å². The molecular formula is C17H17ClN4O. The van der Waals surface area contributed by atoms with E-state index in [4.69, 9.17) is 4.74 Å². The Morgan fingerprint density at radius 3 is 2.78 bits per heavy atom. The molecule has 118 valence electrons. The molecule has 5 nitrogen and oxygen atoms in total. The Morgan fingerprint density at radius 1 is 1.04 bits per heavy atom. The number of halogens is 1. The van der Waals surface area contributed by atoms with Crippen molar-refractivity contribution in [2.45, 2.75) is 19.3 Å². The molecule has 0 radical (unpaired) electrons. The average molecular weight is 329 g/mol. The van der Waals surface area contributed by atoms with Crippen molar-refractivity contribution in [2.24, 2.45) is 0 Å². The SMILES string of the molecule is COc1ccc2c(Nc3ccc4c(c3)CCC4)ncnc2n1.Cl. The zero-order valence-electron chi connectivity index (χ0n) is 12.7. The first-order chi connectivity index (χ1) is 10.8. The molecule has 2 aromatic heterocycles. The Hall–Kier alpha value is -2.40. The van der Waals surface area contributed by atoms with E-state index in [9.17, 15) is 0 Å². The molecule has 1 aliphatic carbocycles. The summed E-state index contributed by atoms with van der Waals surface area (Å²) in [5, 5.41) is 4.26. The highest BCUT2D eigenvalue weighted by Crippen LogP contribution is 2.28. The van der Waals surface area contributed by atoms with E-state index in [1.807, 2.05) is 12.1 Å². The molecule has 1 N–H and O–H groups in total. The lowest BCUT2D eigenvalue weighted by Crippen LogP contribution is -1.98. The van der Waals surface area contributed by atoms with Gasteiger partial charge in [-0.1, -0.05) is 6.07 Å². The number of aromatic nitrogens is 3. The predicted molar refractivity (Wildman–Crippen MR) is 92.9 cm³/mol. The summed E-state index contributed by atoms with van der Waals surface area (Å²) in [7, 11) is 1.60. The molecule has 0 saturated heterocycles. The molecule has 3 aromatic rings. The monoisotopic (exact) mass is 328 g/mol. The largest absolute Gasteiger partial charge is 0.481 e. The molecule has 0 amide bonds. The van der Waals surface area contributed by atoms with E-state index in [0.29, 0.717) is 11.5 Å². The first kappa shape index (κ1) is 15.5. The van der Waals surface area contributed by atoms with Crippen molar-refractivity contribution in [3.8, 4) is 5.88 Å². The van der Waals surface area contributed by atoms with Gasteiger partial charge in [-0.15, -0.1) is 12.4 Å². The fraction of sp³-hybridized carbons (Fsp3) is 0.235. The summed E-state index contributed by atoms with van der Waals surface area (Å²) >= 11 is 0. The highest BCUT2D eigenvalue weighted by Gasteiger charge is 2.12. The number of nitrogens with one attached hydrogen (secondary N) is 1. The number of pyridine rings is 1. The first-order valence-electron chi connectivity index (χ1n) is 7.38. The Kier molecular flexibility index (Phi) is 4.30. The molecule has 1 aliphatic rings. The summed E-state index contributed by atoms with van der Waals surface area (Å²) in [5.74, 6) is 1.31. The zero-order chi connectivity index (χ0) is 14.9. The van der Waals surface area contributed by atoms with Gasteiger partial charge in [0.05, 0.1) is 12.5 Å². The van der Waals surface area contributed by atoms with Crippen molar-refractivity contribution in [1.82, 2.24) is 15.0 Å². The Labute approximate surface area is 140 Å². The number of rotatable bonds is 3. The van der Waals surface area contributed by atoms with Crippen molar-refractivity contribution >= 4 is 34.9 Å². The lowest BCUT2D eigenvalue weighted by Gasteiger charge is -2.10. The summed E-state index contributed by atoms with van der Waals surface area (Å²) < 4.78 is 5.14. The topological polar surface area (TPSA) is 59.9 Å². The van der Waals surface area contributed by atoms with E-state index < -0.39 is 0 Å². The van der Waals surface area contributed by atoms with Gasteiger partial charge in [0.15, 0.2) is 5.65 Å². The quantitative estimate of drug-likeness (QED) is 0.794. The van der Waals surface area contributed by atoms with Gasteiger partial charge in [-0.2, -0.15) is 4.98 Å². The lowest BCUT2D eigenvalue weighted by atomic mass is 10.1. The van der Waals surface area contributed by atoms with Gasteiger partial charge in [-0.25, -0.2) is 9.97 Å². The van der Waals surface area contributed by atoms with E-state index in [0.717, 1.165) is 23.3 Å². The van der Waals surface area contributed by atoms with Gasteiger partial charge in [0.25, 0.3) is 0 Å². The fourth-order valence-corrected chi connectivity index (χ4v) is 2.92. The standard InChI is InChI=1S/C17H16N4O.ClH/c1-22-15-8-7-14-16(18-10-19-17(14)21-15)20-13-6-5-11-3-2-4-12(11)9-13;/h5-10H,2-4H2,1H3,(H,18,19,20,21);1H. The minimum atomic E-state index is 0. The van der Waals surface area contributed by atoms with Crippen LogP contribution in [0.2, 0.25) is 0 Å². The highest BCUT2D eigenvalue weighted by atomic mass is 35.5. The van der Waals surface area contributed by atoms with Crippen LogP contribution < -0.4 is 10.1 Å². The number of benzene rings is 1. The van der Waals surface area contributed by atoms with Gasteiger partial charge in [0, 0.05) is 11.8 Å². The number of nitrogens with zero attached hydrogens (tertiary/aromatic N) is 3. The maximum Gasteiger partial charge on any atom is 0.215 e. The zero-order valence-corrected chi connectivity index (χ0v) is 13.6. The second-order valence-corrected chi connectivity index (χ2v) is 5.41. The molecule has 6 heteroatoms. The second-order valence-electron chi connectivity index (χ2n) is 5.41. The van der Waals surface area contributed by atoms with Crippen LogP contribution in [0, 0.1) is 0 Å². The van der Waals surface area contributed by atoms with Crippen LogP contribution in [0.4, 0.5) is 11.5 Å². The Balaban J connectivity index is 0.00000156. The van der Waals surface area contributed by atoms with Crippen molar-refractivity contribution in [1.29, 1.82) is 0 Å². The molecule has 0 bridgehead atoms. The fourth-order valence-electron chi connectivity index (χ4n) is 2.92. The summed E-state index contributed by atoms with van der Waals surface area (Å²) in [6.45, 7) is 0. The van der Waals surface area contributed by atoms with Gasteiger partial charge >= 0.3 is 0 Å². The van der Waals surface area contributed by atoms with Gasteiger partial charge in [-0.05, 0) is 48.6 Å². The number of hydrogen-bond donors (Lipinski definition) is 1. The first-order valence-corrected chi connectivity index (χ1v) is 7.38. The summed E-state index contributed by atoms with van der Waals surface area (Å²) in [6.07, 6.45) is 5.12. The molecular weight excluding hydrogens is 312 g/mol. The third-order valence-electron chi connectivity index (χ3n) is 4.04. The third kappa shape index (κ3) is 2.92. The van der Waals surface area contributed by atoms with E-state index in [-0.39, 0.29) is 12.4 Å². The molecule has 0 fully saturated rings. The Morgan fingerprint density at radius 2 is 1.91 bits per heavy atom. The van der Waals surface area contributed by atoms with Crippen LogP contribution in [-0.4, -0.2) is 22.1 Å². The van der Waals surface area contributed by atoms with Gasteiger partial charge in [0.2, 0.25) is 5.88 Å². The van der Waals surface area contributed by atoms with Crippen LogP contribution in [0.15, 0.2) is 36.7 Å². The molecule has 0 saturated carbocycles. The number of fused-ring (bicyclic) bond motifs is 2. The molecule has 0 spiro atoms. The molecule has 23 heavy (non-hydrogen) atoms. The minimum absolute atomic E-state index is 0. The average Bonchev–Trinajstić information content (AvgIpc) is 3.02. The third-order valence-corrected chi connectivity index (χ3v) is 4.04. The van der Waals surface area contributed by atoms with E-state index in [1.165, 1.54) is 30.3 Å². The molecule has 1 aromatic carbocycles. The molecule has 4 rings (SSSR count). The predicted octanol–water partition coefficient (Wildman–Crippen LogP) is 3.69. The van der Waals surface area contributed by atoms with E-state index in [2.05, 4.69) is 38.5 Å². The van der Waals surface area contributed by atoms with Gasteiger partial charge < -0.3 is 10.1 Å². The second kappa shape index (κ2) is 6.38. The summed E-state index contributed by atoms with van der Waals surface area (Å²) in [4.78, 5) is 12.9. The smallest absolute Gasteiger partial charge is 0.215 e. The molecule has 2 heterocycles. The van der Waals surface area contributed by atoms with Crippen LogP contribution in [0.25, 0.3) is 11.0 Å². The highest BCUT2D eigenvalue weighted by molar-refractivity contribution is 5.88. The number of aryl methyl sites for hydroxylation is 2. The normalized spacial score (nSPS) is 12.6. The lowest BCUT2D eigenvalue weighted by molar-refractivity contribution is 0.399. The molecule has 0 unspecified atom stereocenters. The maximum atomic E-state index is 5.14. The number of methoxy groups -OCH3 is 1. The van der Waals surface area contributed by atoms with Gasteiger partial charge in [0.1, 0.15) is 12.1 Å². The molecule has 0 atom stereocenters. The van der Waals surface area contributed by atoms with Crippen LogP contribution in [0.1, 0.15) is 17.5 Å². The van der Waals surface area contributed by atoms with Crippen molar-refractivity contribution in [3.63, 3.8) is 0 Å².